The first-order valence-corrected chi connectivity index (χ1v) is 4.98. The Morgan fingerprint density at radius 3 is 1.56 bits per heavy atom. The minimum absolute atomic E-state index is 0.00231. The van der Waals surface area contributed by atoms with Crippen molar-refractivity contribution in [3.63, 3.8) is 0 Å². The first-order chi connectivity index (χ1) is 4.14. The topological polar surface area (TPSA) is 34.1 Å². The van der Waals surface area contributed by atoms with E-state index in [1.54, 1.807) is 0 Å². The Morgan fingerprint density at radius 1 is 1.11 bits per heavy atom. The summed E-state index contributed by atoms with van der Waals surface area (Å²) >= 11 is 0. The Labute approximate surface area is 56.2 Å². The summed E-state index contributed by atoms with van der Waals surface area (Å²) in [5.74, 6) is 0. The first-order valence-electron chi connectivity index (χ1n) is 3.37. The van der Waals surface area contributed by atoms with Gasteiger partial charge in [-0.25, -0.2) is 8.42 Å². The van der Waals surface area contributed by atoms with Crippen molar-refractivity contribution in [2.75, 3.05) is 0 Å². The van der Waals surface area contributed by atoms with E-state index in [-0.39, 0.29) is 10.5 Å². The van der Waals surface area contributed by atoms with E-state index in [1.807, 2.05) is 13.8 Å². The maximum atomic E-state index is 10.9. The molecule has 0 aliphatic carbocycles. The molecule has 0 N–H and O–H groups in total. The molecule has 0 unspecified atom stereocenters. The normalized spacial score (nSPS) is 38.4. The second-order valence-corrected chi connectivity index (χ2v) is 4.87. The van der Waals surface area contributed by atoms with Gasteiger partial charge in [0.25, 0.3) is 0 Å². The monoisotopic (exact) mass is 148 g/mol. The zero-order chi connectivity index (χ0) is 7.07. The van der Waals surface area contributed by atoms with Crippen LogP contribution < -0.4 is 0 Å². The van der Waals surface area contributed by atoms with Gasteiger partial charge >= 0.3 is 0 Å². The highest BCUT2D eigenvalue weighted by molar-refractivity contribution is 7.99. The van der Waals surface area contributed by atoms with Crippen molar-refractivity contribution in [3.05, 3.63) is 0 Å². The minimum atomic E-state index is -2.60. The van der Waals surface area contributed by atoms with Crippen molar-refractivity contribution in [1.29, 1.82) is 0 Å². The molecule has 54 valence electrons. The van der Waals surface area contributed by atoms with Crippen molar-refractivity contribution in [1.82, 2.24) is 0 Å². The summed E-state index contributed by atoms with van der Waals surface area (Å²) < 4.78 is 21.7. The molecule has 1 aliphatic heterocycles. The molecule has 0 bridgehead atoms. The fraction of sp³-hybridized carbons (Fsp3) is 1.00. The van der Waals surface area contributed by atoms with Gasteiger partial charge in [0.15, 0.2) is 9.84 Å². The third-order valence-electron chi connectivity index (χ3n) is 1.99. The Balaban J connectivity index is 2.67. The van der Waals surface area contributed by atoms with Crippen LogP contribution in [0.25, 0.3) is 0 Å². The van der Waals surface area contributed by atoms with Gasteiger partial charge in [0.05, 0.1) is 10.5 Å². The minimum Gasteiger partial charge on any atom is -0.228 e. The van der Waals surface area contributed by atoms with E-state index in [2.05, 4.69) is 0 Å². The Bertz CT molecular complexity index is 177. The molecule has 3 heteroatoms. The molecule has 0 aromatic carbocycles. The van der Waals surface area contributed by atoms with E-state index in [0.717, 1.165) is 12.8 Å². The van der Waals surface area contributed by atoms with Crippen LogP contribution >= 0.6 is 0 Å². The number of rotatable bonds is 2. The lowest BCUT2D eigenvalue weighted by molar-refractivity contribution is 0.610. The Hall–Kier alpha value is -0.0500. The van der Waals surface area contributed by atoms with Crippen LogP contribution in [-0.4, -0.2) is 18.9 Å². The maximum absolute atomic E-state index is 10.9. The lowest BCUT2D eigenvalue weighted by Crippen LogP contribution is -1.87. The fourth-order valence-electron chi connectivity index (χ4n) is 1.37. The van der Waals surface area contributed by atoms with Gasteiger partial charge in [0.2, 0.25) is 0 Å². The maximum Gasteiger partial charge on any atom is 0.158 e. The predicted molar refractivity (Wildman–Crippen MR) is 37.1 cm³/mol. The molecule has 0 radical (unpaired) electrons. The quantitative estimate of drug-likeness (QED) is 0.547. The van der Waals surface area contributed by atoms with Gasteiger partial charge in [-0.2, -0.15) is 0 Å². The van der Waals surface area contributed by atoms with Crippen LogP contribution in [0.15, 0.2) is 0 Å². The molecule has 0 aromatic rings. The average molecular weight is 148 g/mol. The SMILES string of the molecule is CC[C@@H]1[C@@H](CC)S1(=O)=O. The van der Waals surface area contributed by atoms with Crippen LogP contribution in [0.2, 0.25) is 0 Å². The third-order valence-corrected chi connectivity index (χ3v) is 4.68. The summed E-state index contributed by atoms with van der Waals surface area (Å²) in [7, 11) is -2.60. The van der Waals surface area contributed by atoms with Gasteiger partial charge in [-0.15, -0.1) is 0 Å². The summed E-state index contributed by atoms with van der Waals surface area (Å²) in [6, 6.07) is 0. The average Bonchev–Trinajstić information content (AvgIpc) is 2.32. The van der Waals surface area contributed by atoms with Gasteiger partial charge < -0.3 is 0 Å². The molecule has 2 atom stereocenters. The summed E-state index contributed by atoms with van der Waals surface area (Å²) in [5.41, 5.74) is 0. The number of hydrogen-bond acceptors (Lipinski definition) is 2. The van der Waals surface area contributed by atoms with Crippen molar-refractivity contribution in [3.8, 4) is 0 Å². The van der Waals surface area contributed by atoms with Crippen molar-refractivity contribution in [2.45, 2.75) is 37.2 Å². The number of hydrogen-bond donors (Lipinski definition) is 0. The van der Waals surface area contributed by atoms with Crippen molar-refractivity contribution in [2.24, 2.45) is 0 Å². The molecule has 1 saturated heterocycles. The van der Waals surface area contributed by atoms with Crippen LogP contribution in [0.4, 0.5) is 0 Å². The molecule has 1 heterocycles. The molecule has 1 aliphatic rings. The Kier molecular flexibility index (Phi) is 1.55. The molecule has 9 heavy (non-hydrogen) atoms. The fourth-order valence-corrected chi connectivity index (χ4v) is 3.72. The van der Waals surface area contributed by atoms with Crippen molar-refractivity contribution >= 4 is 9.84 Å². The Morgan fingerprint density at radius 2 is 1.44 bits per heavy atom. The molecular weight excluding hydrogens is 136 g/mol. The predicted octanol–water partition coefficient (Wildman–Crippen LogP) is 0.972. The van der Waals surface area contributed by atoms with Crippen LogP contribution in [0, 0.1) is 0 Å². The lowest BCUT2D eigenvalue weighted by Gasteiger charge is -1.78. The van der Waals surface area contributed by atoms with Crippen LogP contribution in [0.5, 0.6) is 0 Å². The van der Waals surface area contributed by atoms with Gasteiger partial charge in [0.1, 0.15) is 0 Å². The summed E-state index contributed by atoms with van der Waals surface area (Å²) in [4.78, 5) is 0. The van der Waals surface area contributed by atoms with Gasteiger partial charge in [0, 0.05) is 0 Å². The molecule has 2 nitrogen and oxygen atoms in total. The zero-order valence-corrected chi connectivity index (χ0v) is 6.61. The standard InChI is InChI=1S/C6H12O2S/c1-3-5-6(4-2)9(5,7)8/h5-6H,3-4H2,1-2H3/t5-,6-/m1/s1. The third kappa shape index (κ3) is 0.874. The van der Waals surface area contributed by atoms with Gasteiger partial charge in [-0.3, -0.25) is 0 Å². The van der Waals surface area contributed by atoms with E-state index in [1.165, 1.54) is 0 Å². The summed E-state index contributed by atoms with van der Waals surface area (Å²) in [6.45, 7) is 3.86. The first kappa shape index (κ1) is 7.06. The summed E-state index contributed by atoms with van der Waals surface area (Å²) in [6.07, 6.45) is 1.58. The number of sulfone groups is 1. The smallest absolute Gasteiger partial charge is 0.158 e. The van der Waals surface area contributed by atoms with E-state index in [9.17, 15) is 8.42 Å². The molecule has 0 saturated carbocycles. The highest BCUT2D eigenvalue weighted by Crippen LogP contribution is 2.37. The lowest BCUT2D eigenvalue weighted by atomic mass is 10.2. The van der Waals surface area contributed by atoms with Crippen molar-refractivity contribution < 1.29 is 8.42 Å². The van der Waals surface area contributed by atoms with E-state index >= 15 is 0 Å². The highest BCUT2D eigenvalue weighted by Gasteiger charge is 2.53. The van der Waals surface area contributed by atoms with E-state index in [0.29, 0.717) is 0 Å². The zero-order valence-electron chi connectivity index (χ0n) is 5.79. The van der Waals surface area contributed by atoms with E-state index in [4.69, 9.17) is 0 Å². The molecule has 1 fully saturated rings. The molecule has 1 rings (SSSR count). The van der Waals surface area contributed by atoms with E-state index < -0.39 is 9.84 Å². The van der Waals surface area contributed by atoms with Crippen LogP contribution in [0.1, 0.15) is 26.7 Å². The molecule has 0 aromatic heterocycles. The van der Waals surface area contributed by atoms with Gasteiger partial charge in [-0.1, -0.05) is 13.8 Å². The second-order valence-electron chi connectivity index (χ2n) is 2.48. The summed E-state index contributed by atoms with van der Waals surface area (Å²) in [5, 5.41) is 0.00463. The largest absolute Gasteiger partial charge is 0.228 e. The van der Waals surface area contributed by atoms with Crippen LogP contribution in [0.3, 0.4) is 0 Å². The van der Waals surface area contributed by atoms with Gasteiger partial charge in [-0.05, 0) is 12.8 Å². The van der Waals surface area contributed by atoms with Crippen LogP contribution in [-0.2, 0) is 9.84 Å². The molecule has 0 amide bonds. The molecular formula is C6H12O2S. The molecule has 0 spiro atoms. The second kappa shape index (κ2) is 1.97. The highest BCUT2D eigenvalue weighted by atomic mass is 32.2.